The summed E-state index contributed by atoms with van der Waals surface area (Å²) >= 11 is 0. The number of pyridine rings is 1. The van der Waals surface area contributed by atoms with Crippen LogP contribution in [0.4, 0.5) is 4.79 Å². The summed E-state index contributed by atoms with van der Waals surface area (Å²) in [5.74, 6) is -0.248. The first-order valence-electron chi connectivity index (χ1n) is 7.49. The van der Waals surface area contributed by atoms with Gasteiger partial charge in [0, 0.05) is 31.0 Å². The summed E-state index contributed by atoms with van der Waals surface area (Å²) in [5.41, 5.74) is 6.32. The van der Waals surface area contributed by atoms with E-state index in [-0.39, 0.29) is 12.0 Å². The average Bonchev–Trinajstić information content (AvgIpc) is 2.45. The number of nitrogens with zero attached hydrogens (tertiary/aromatic N) is 2. The maximum Gasteiger partial charge on any atom is 0.410 e. The van der Waals surface area contributed by atoms with Gasteiger partial charge in [-0.15, -0.1) is 0 Å². The fourth-order valence-corrected chi connectivity index (χ4v) is 2.66. The van der Waals surface area contributed by atoms with Crippen molar-refractivity contribution in [1.82, 2.24) is 9.88 Å². The molecule has 22 heavy (non-hydrogen) atoms. The number of primary amides is 1. The van der Waals surface area contributed by atoms with Gasteiger partial charge in [-0.25, -0.2) is 4.79 Å². The highest BCUT2D eigenvalue weighted by Gasteiger charge is 2.28. The van der Waals surface area contributed by atoms with E-state index in [2.05, 4.69) is 4.98 Å². The Bertz CT molecular complexity index is 558. The Balaban J connectivity index is 2.01. The second-order valence-corrected chi connectivity index (χ2v) is 6.57. The lowest BCUT2D eigenvalue weighted by molar-refractivity contribution is 0.0204. The van der Waals surface area contributed by atoms with Crippen LogP contribution in [-0.4, -0.2) is 40.6 Å². The van der Waals surface area contributed by atoms with Crippen molar-refractivity contribution in [2.75, 3.05) is 13.1 Å². The van der Waals surface area contributed by atoms with Crippen molar-refractivity contribution in [2.24, 2.45) is 5.73 Å². The smallest absolute Gasteiger partial charge is 0.410 e. The first-order valence-corrected chi connectivity index (χ1v) is 7.49. The Kier molecular flexibility index (Phi) is 4.68. The highest BCUT2D eigenvalue weighted by atomic mass is 16.6. The zero-order valence-corrected chi connectivity index (χ0v) is 13.3. The molecule has 0 unspecified atom stereocenters. The molecule has 1 fully saturated rings. The topological polar surface area (TPSA) is 85.5 Å². The summed E-state index contributed by atoms with van der Waals surface area (Å²) in [6.45, 7) is 6.77. The van der Waals surface area contributed by atoms with Crippen molar-refractivity contribution in [3.05, 3.63) is 29.6 Å². The first-order chi connectivity index (χ1) is 10.3. The molecule has 0 atom stereocenters. The number of piperidine rings is 1. The van der Waals surface area contributed by atoms with Gasteiger partial charge in [-0.1, -0.05) is 0 Å². The van der Waals surface area contributed by atoms with E-state index in [9.17, 15) is 9.59 Å². The number of hydrogen-bond acceptors (Lipinski definition) is 4. The third-order valence-corrected chi connectivity index (χ3v) is 3.70. The van der Waals surface area contributed by atoms with Crippen molar-refractivity contribution in [1.29, 1.82) is 0 Å². The molecule has 6 heteroatoms. The van der Waals surface area contributed by atoms with Gasteiger partial charge in [-0.05, 0) is 51.2 Å². The second-order valence-electron chi connectivity index (χ2n) is 6.57. The molecule has 1 aromatic heterocycles. The van der Waals surface area contributed by atoms with E-state index in [1.807, 2.05) is 20.8 Å². The van der Waals surface area contributed by atoms with Gasteiger partial charge < -0.3 is 15.4 Å². The predicted molar refractivity (Wildman–Crippen MR) is 82.5 cm³/mol. The molecule has 1 aliphatic rings. The fraction of sp³-hybridized carbons (Fsp3) is 0.562. The Morgan fingerprint density at radius 1 is 1.32 bits per heavy atom. The lowest BCUT2D eigenvalue weighted by atomic mass is 9.87. The predicted octanol–water partition coefficient (Wildman–Crippen LogP) is 2.29. The molecule has 2 rings (SSSR count). The van der Waals surface area contributed by atoms with Crippen molar-refractivity contribution in [2.45, 2.75) is 45.1 Å². The van der Waals surface area contributed by atoms with E-state index in [1.165, 1.54) is 0 Å². The van der Waals surface area contributed by atoms with E-state index in [0.717, 1.165) is 18.4 Å². The van der Waals surface area contributed by atoms with Crippen LogP contribution in [0.5, 0.6) is 0 Å². The van der Waals surface area contributed by atoms with Crippen LogP contribution in [0.15, 0.2) is 18.5 Å². The van der Waals surface area contributed by atoms with Gasteiger partial charge in [0.2, 0.25) is 5.91 Å². The van der Waals surface area contributed by atoms with Gasteiger partial charge in [0.15, 0.2) is 0 Å². The number of carbonyl (C=O) groups excluding carboxylic acids is 2. The highest BCUT2D eigenvalue weighted by Crippen LogP contribution is 2.30. The number of nitrogens with two attached hydrogens (primary N) is 1. The lowest BCUT2D eigenvalue weighted by Crippen LogP contribution is -2.41. The molecular weight excluding hydrogens is 282 g/mol. The van der Waals surface area contributed by atoms with Crippen LogP contribution in [0.3, 0.4) is 0 Å². The standard InChI is InChI=1S/C16H23N3O3/c1-16(2,3)22-15(21)19-8-5-11(6-9-19)13-10-18-7-4-12(13)14(17)20/h4,7,10-11H,5-6,8-9H2,1-3H3,(H2,17,20). The minimum Gasteiger partial charge on any atom is -0.444 e. The third kappa shape index (κ3) is 3.96. The molecule has 1 aromatic rings. The van der Waals surface area contributed by atoms with Gasteiger partial charge in [0.25, 0.3) is 0 Å². The molecule has 0 aromatic carbocycles. The number of rotatable bonds is 2. The van der Waals surface area contributed by atoms with Gasteiger partial charge >= 0.3 is 6.09 Å². The monoisotopic (exact) mass is 305 g/mol. The van der Waals surface area contributed by atoms with Crippen molar-refractivity contribution in [3.8, 4) is 0 Å². The summed E-state index contributed by atoms with van der Waals surface area (Å²) in [6, 6.07) is 1.65. The minimum absolute atomic E-state index is 0.190. The van der Waals surface area contributed by atoms with Crippen LogP contribution < -0.4 is 5.73 Å². The van der Waals surface area contributed by atoms with Crippen molar-refractivity contribution < 1.29 is 14.3 Å². The lowest BCUT2D eigenvalue weighted by Gasteiger charge is -2.33. The first kappa shape index (κ1) is 16.3. The SMILES string of the molecule is CC(C)(C)OC(=O)N1CCC(c2cnccc2C(N)=O)CC1. The minimum atomic E-state index is -0.490. The zero-order valence-electron chi connectivity index (χ0n) is 13.3. The second kappa shape index (κ2) is 6.34. The van der Waals surface area contributed by atoms with Gasteiger partial charge in [0.05, 0.1) is 0 Å². The van der Waals surface area contributed by atoms with E-state index < -0.39 is 11.5 Å². The molecule has 6 nitrogen and oxygen atoms in total. The van der Waals surface area contributed by atoms with Crippen LogP contribution >= 0.6 is 0 Å². The van der Waals surface area contributed by atoms with Crippen LogP contribution in [-0.2, 0) is 4.74 Å². The van der Waals surface area contributed by atoms with Gasteiger partial charge in [0.1, 0.15) is 5.60 Å². The normalized spacial score (nSPS) is 16.4. The maximum atomic E-state index is 12.0. The average molecular weight is 305 g/mol. The molecule has 0 saturated carbocycles. The summed E-state index contributed by atoms with van der Waals surface area (Å²) in [7, 11) is 0. The quantitative estimate of drug-likeness (QED) is 0.908. The molecule has 0 aliphatic carbocycles. The fourth-order valence-electron chi connectivity index (χ4n) is 2.66. The number of amides is 2. The molecule has 0 spiro atoms. The Morgan fingerprint density at radius 2 is 1.95 bits per heavy atom. The largest absolute Gasteiger partial charge is 0.444 e. The number of carbonyl (C=O) groups is 2. The van der Waals surface area contributed by atoms with Gasteiger partial charge in [-0.3, -0.25) is 9.78 Å². The molecular formula is C16H23N3O3. The number of hydrogen-bond donors (Lipinski definition) is 1. The van der Waals surface area contributed by atoms with Crippen molar-refractivity contribution in [3.63, 3.8) is 0 Å². The number of aromatic nitrogens is 1. The van der Waals surface area contributed by atoms with Gasteiger partial charge in [-0.2, -0.15) is 0 Å². The molecule has 0 bridgehead atoms. The Hall–Kier alpha value is -2.11. The summed E-state index contributed by atoms with van der Waals surface area (Å²) in [5, 5.41) is 0. The highest BCUT2D eigenvalue weighted by molar-refractivity contribution is 5.94. The molecule has 0 radical (unpaired) electrons. The molecule has 1 aliphatic heterocycles. The van der Waals surface area contributed by atoms with Crippen LogP contribution in [0.1, 0.15) is 55.5 Å². The Labute approximate surface area is 130 Å². The number of likely N-dealkylation sites (tertiary alicyclic amines) is 1. The third-order valence-electron chi connectivity index (χ3n) is 3.70. The summed E-state index contributed by atoms with van der Waals surface area (Å²) < 4.78 is 5.38. The van der Waals surface area contributed by atoms with Crippen LogP contribution in [0, 0.1) is 0 Å². The summed E-state index contributed by atoms with van der Waals surface area (Å²) in [6.07, 6.45) is 4.52. The van der Waals surface area contributed by atoms with E-state index in [0.29, 0.717) is 18.7 Å². The molecule has 2 amide bonds. The zero-order chi connectivity index (χ0) is 16.3. The summed E-state index contributed by atoms with van der Waals surface area (Å²) in [4.78, 5) is 29.4. The van der Waals surface area contributed by atoms with Crippen LogP contribution in [0.25, 0.3) is 0 Å². The molecule has 1 saturated heterocycles. The van der Waals surface area contributed by atoms with E-state index in [1.54, 1.807) is 23.4 Å². The molecule has 2 N–H and O–H groups in total. The maximum absolute atomic E-state index is 12.0. The molecule has 120 valence electrons. The Morgan fingerprint density at radius 3 is 2.50 bits per heavy atom. The number of ether oxygens (including phenoxy) is 1. The molecule has 2 heterocycles. The van der Waals surface area contributed by atoms with Crippen LogP contribution in [0.2, 0.25) is 0 Å². The van der Waals surface area contributed by atoms with E-state index >= 15 is 0 Å². The van der Waals surface area contributed by atoms with E-state index in [4.69, 9.17) is 10.5 Å². The van der Waals surface area contributed by atoms with Crippen molar-refractivity contribution >= 4 is 12.0 Å².